The first-order valence-electron chi connectivity index (χ1n) is 10.5. The first-order valence-corrected chi connectivity index (χ1v) is 10.5. The van der Waals surface area contributed by atoms with Gasteiger partial charge in [0.2, 0.25) is 0 Å². The van der Waals surface area contributed by atoms with Crippen LogP contribution in [0.5, 0.6) is 0 Å². The van der Waals surface area contributed by atoms with Crippen LogP contribution in [0, 0.1) is 0 Å². The maximum Gasteiger partial charge on any atom is 0.338 e. The van der Waals surface area contributed by atoms with E-state index in [4.69, 9.17) is 19.9 Å². The summed E-state index contributed by atoms with van der Waals surface area (Å²) in [7, 11) is 0. The largest absolute Gasteiger partial charge is 0.453 e. The van der Waals surface area contributed by atoms with Crippen LogP contribution in [0.2, 0.25) is 0 Å². The highest BCUT2D eigenvalue weighted by Gasteiger charge is 2.49. The summed E-state index contributed by atoms with van der Waals surface area (Å²) in [6.07, 6.45) is -3.48. The molecule has 2 aromatic carbocycles. The average Bonchev–Trinajstić information content (AvgIpc) is 3.15. The van der Waals surface area contributed by atoms with Gasteiger partial charge in [0.1, 0.15) is 6.10 Å². The molecule has 0 spiro atoms. The van der Waals surface area contributed by atoms with Crippen LogP contribution in [0.15, 0.2) is 77.9 Å². The number of halogens is 1. The fourth-order valence-corrected chi connectivity index (χ4v) is 3.62. The molecule has 9 nitrogen and oxygen atoms in total. The van der Waals surface area contributed by atoms with Crippen molar-refractivity contribution in [2.24, 2.45) is 5.73 Å². The van der Waals surface area contributed by atoms with Gasteiger partial charge >= 0.3 is 5.97 Å². The Morgan fingerprint density at radius 1 is 1.09 bits per heavy atom. The van der Waals surface area contributed by atoms with Crippen molar-refractivity contribution in [3.05, 3.63) is 100 Å². The van der Waals surface area contributed by atoms with Gasteiger partial charge in [0.15, 0.2) is 24.2 Å². The molecule has 0 saturated carbocycles. The molecular formula is C24H22FN3O6. The summed E-state index contributed by atoms with van der Waals surface area (Å²) in [5.41, 5.74) is 4.84. The van der Waals surface area contributed by atoms with Crippen LogP contribution in [0.1, 0.15) is 32.6 Å². The molecule has 176 valence electrons. The van der Waals surface area contributed by atoms with E-state index in [0.717, 1.165) is 16.3 Å². The Morgan fingerprint density at radius 2 is 1.76 bits per heavy atom. The van der Waals surface area contributed by atoms with Gasteiger partial charge in [-0.2, -0.15) is 0 Å². The highest BCUT2D eigenvalue weighted by atomic mass is 19.1. The zero-order valence-electron chi connectivity index (χ0n) is 18.0. The first kappa shape index (κ1) is 23.3. The molecule has 2 heterocycles. The summed E-state index contributed by atoms with van der Waals surface area (Å²) >= 11 is 0. The summed E-state index contributed by atoms with van der Waals surface area (Å²) in [4.78, 5) is 40.4. The van der Waals surface area contributed by atoms with Gasteiger partial charge in [0.25, 0.3) is 11.5 Å². The molecule has 3 aromatic rings. The quantitative estimate of drug-likeness (QED) is 0.503. The van der Waals surface area contributed by atoms with Gasteiger partial charge in [-0.05, 0) is 17.7 Å². The lowest BCUT2D eigenvalue weighted by molar-refractivity contribution is -0.0715. The van der Waals surface area contributed by atoms with Gasteiger partial charge in [0, 0.05) is 12.4 Å². The molecule has 1 fully saturated rings. The summed E-state index contributed by atoms with van der Waals surface area (Å²) in [5, 5.41) is 0. The van der Waals surface area contributed by atoms with Crippen molar-refractivity contribution in [2.75, 3.05) is 6.61 Å². The molecule has 4 atom stereocenters. The van der Waals surface area contributed by atoms with Gasteiger partial charge in [-0.3, -0.25) is 14.2 Å². The zero-order chi connectivity index (χ0) is 24.1. The van der Waals surface area contributed by atoms with Crippen molar-refractivity contribution < 1.29 is 28.2 Å². The number of aromatic nitrogens is 2. The van der Waals surface area contributed by atoms with Crippen molar-refractivity contribution in [2.45, 2.75) is 31.2 Å². The van der Waals surface area contributed by atoms with Crippen LogP contribution in [0.25, 0.3) is 0 Å². The van der Waals surface area contributed by atoms with E-state index >= 15 is 4.39 Å². The standard InChI is InChI=1S/C24H22FN3O6/c25-18-20(34-24(31)16-9-5-2-6-10-16)17(14-32-13-15-7-3-1-4-8-15)33-23(18)28-12-11-27-19(21(26)29)22(28)30/h1-12,17-18,20,23H,13-14H2,(H2,26,29). The van der Waals surface area contributed by atoms with Crippen molar-refractivity contribution in [3.8, 4) is 0 Å². The Balaban J connectivity index is 1.56. The second kappa shape index (κ2) is 10.4. The molecule has 4 rings (SSSR count). The monoisotopic (exact) mass is 467 g/mol. The Labute approximate surface area is 193 Å². The molecule has 1 aliphatic rings. The van der Waals surface area contributed by atoms with E-state index in [1.807, 2.05) is 30.3 Å². The predicted molar refractivity (Wildman–Crippen MR) is 118 cm³/mol. The number of hydrogen-bond donors (Lipinski definition) is 1. The normalized spacial score (nSPS) is 21.8. The van der Waals surface area contributed by atoms with Crippen LogP contribution < -0.4 is 11.3 Å². The number of nitrogens with two attached hydrogens (primary N) is 1. The topological polar surface area (TPSA) is 123 Å². The number of carbonyl (C=O) groups excluding carboxylic acids is 2. The van der Waals surface area contributed by atoms with Crippen LogP contribution in [0.4, 0.5) is 4.39 Å². The smallest absolute Gasteiger partial charge is 0.338 e. The van der Waals surface area contributed by atoms with Gasteiger partial charge in [0.05, 0.1) is 18.8 Å². The van der Waals surface area contributed by atoms with E-state index in [1.165, 1.54) is 18.3 Å². The van der Waals surface area contributed by atoms with Crippen molar-refractivity contribution >= 4 is 11.9 Å². The van der Waals surface area contributed by atoms with Crippen molar-refractivity contribution in [3.63, 3.8) is 0 Å². The summed E-state index contributed by atoms with van der Waals surface area (Å²) in [6.45, 7) is 0.115. The number of hydrogen-bond acceptors (Lipinski definition) is 7. The fourth-order valence-electron chi connectivity index (χ4n) is 3.62. The summed E-state index contributed by atoms with van der Waals surface area (Å²) in [6, 6.07) is 17.4. The first-order chi connectivity index (χ1) is 16.5. The molecule has 1 amide bonds. The van der Waals surface area contributed by atoms with Gasteiger partial charge < -0.3 is 19.9 Å². The number of esters is 1. The Hall–Kier alpha value is -3.89. The van der Waals surface area contributed by atoms with Crippen LogP contribution >= 0.6 is 0 Å². The SMILES string of the molecule is NC(=O)c1nccn(C2OC(COCc3ccccc3)C(OC(=O)c3ccccc3)C2F)c1=O. The van der Waals surface area contributed by atoms with E-state index in [-0.39, 0.29) is 18.8 Å². The fraction of sp³-hybridized carbons (Fsp3) is 0.250. The lowest BCUT2D eigenvalue weighted by atomic mass is 10.1. The third kappa shape index (κ3) is 5.03. The highest BCUT2D eigenvalue weighted by Crippen LogP contribution is 2.34. The number of carbonyl (C=O) groups is 2. The summed E-state index contributed by atoms with van der Waals surface area (Å²) in [5.74, 6) is -1.80. The van der Waals surface area contributed by atoms with Crippen LogP contribution in [-0.2, 0) is 20.8 Å². The minimum absolute atomic E-state index is 0.110. The van der Waals surface area contributed by atoms with Crippen molar-refractivity contribution in [1.82, 2.24) is 9.55 Å². The Kier molecular flexibility index (Phi) is 7.09. The number of benzene rings is 2. The van der Waals surface area contributed by atoms with Gasteiger partial charge in [-0.1, -0.05) is 48.5 Å². The van der Waals surface area contributed by atoms with E-state index in [9.17, 15) is 14.4 Å². The van der Waals surface area contributed by atoms with E-state index < -0.39 is 47.7 Å². The highest BCUT2D eigenvalue weighted by molar-refractivity contribution is 5.90. The number of primary amides is 1. The molecule has 2 N–H and O–H groups in total. The van der Waals surface area contributed by atoms with E-state index in [2.05, 4.69) is 4.98 Å². The van der Waals surface area contributed by atoms with E-state index in [0.29, 0.717) is 0 Å². The van der Waals surface area contributed by atoms with Gasteiger partial charge in [-0.15, -0.1) is 0 Å². The number of alkyl halides is 1. The molecule has 0 radical (unpaired) electrons. The minimum Gasteiger partial charge on any atom is -0.453 e. The second-order valence-electron chi connectivity index (χ2n) is 7.60. The van der Waals surface area contributed by atoms with Crippen molar-refractivity contribution in [1.29, 1.82) is 0 Å². The molecule has 0 bridgehead atoms. The third-order valence-corrected chi connectivity index (χ3v) is 5.29. The van der Waals surface area contributed by atoms with Gasteiger partial charge in [-0.25, -0.2) is 14.2 Å². The lowest BCUT2D eigenvalue weighted by Gasteiger charge is -2.20. The predicted octanol–water partition coefficient (Wildman–Crippen LogP) is 2.02. The third-order valence-electron chi connectivity index (χ3n) is 5.29. The molecular weight excluding hydrogens is 445 g/mol. The number of amides is 1. The molecule has 1 aromatic heterocycles. The zero-order valence-corrected chi connectivity index (χ0v) is 18.0. The lowest BCUT2D eigenvalue weighted by Crippen LogP contribution is -2.38. The summed E-state index contributed by atoms with van der Waals surface area (Å²) < 4.78 is 33.4. The second-order valence-corrected chi connectivity index (χ2v) is 7.60. The maximum absolute atomic E-state index is 15.6. The average molecular weight is 467 g/mol. The molecule has 0 aliphatic carbocycles. The molecule has 10 heteroatoms. The number of nitrogens with zero attached hydrogens (tertiary/aromatic N) is 2. The molecule has 4 unspecified atom stereocenters. The van der Waals surface area contributed by atoms with E-state index in [1.54, 1.807) is 18.2 Å². The minimum atomic E-state index is -1.93. The van der Waals surface area contributed by atoms with Crippen LogP contribution in [0.3, 0.4) is 0 Å². The number of rotatable bonds is 8. The molecule has 1 saturated heterocycles. The Bertz CT molecular complexity index is 1200. The maximum atomic E-state index is 15.6. The molecule has 34 heavy (non-hydrogen) atoms. The Morgan fingerprint density at radius 3 is 2.44 bits per heavy atom. The molecule has 1 aliphatic heterocycles. The van der Waals surface area contributed by atoms with Crippen LogP contribution in [-0.4, -0.2) is 46.4 Å². The number of ether oxygens (including phenoxy) is 3.